The SMILES string of the molecule is CC(C)C1CC(O)(Cc2ccc(I)cc2)CCO1. The zero-order valence-electron chi connectivity index (χ0n) is 11.0. The van der Waals surface area contributed by atoms with Gasteiger partial charge in [0.2, 0.25) is 0 Å². The lowest BCUT2D eigenvalue weighted by atomic mass is 9.82. The van der Waals surface area contributed by atoms with Gasteiger partial charge in [0.15, 0.2) is 0 Å². The first-order valence-electron chi connectivity index (χ1n) is 6.57. The molecular formula is C15H21IO2. The quantitative estimate of drug-likeness (QED) is 0.838. The van der Waals surface area contributed by atoms with Crippen molar-refractivity contribution in [3.63, 3.8) is 0 Å². The van der Waals surface area contributed by atoms with Gasteiger partial charge in [-0.15, -0.1) is 0 Å². The van der Waals surface area contributed by atoms with Crippen molar-refractivity contribution in [1.82, 2.24) is 0 Å². The van der Waals surface area contributed by atoms with Crippen LogP contribution in [0.4, 0.5) is 0 Å². The smallest absolute Gasteiger partial charge is 0.0734 e. The molecule has 1 heterocycles. The molecule has 1 aromatic rings. The maximum atomic E-state index is 10.7. The van der Waals surface area contributed by atoms with E-state index in [0.29, 0.717) is 12.5 Å². The molecule has 0 aliphatic carbocycles. The lowest BCUT2D eigenvalue weighted by Crippen LogP contribution is -2.44. The fourth-order valence-corrected chi connectivity index (χ4v) is 2.87. The van der Waals surface area contributed by atoms with Gasteiger partial charge in [0, 0.05) is 23.0 Å². The van der Waals surface area contributed by atoms with Gasteiger partial charge in [-0.1, -0.05) is 26.0 Å². The zero-order valence-corrected chi connectivity index (χ0v) is 13.2. The van der Waals surface area contributed by atoms with Crippen molar-refractivity contribution in [2.45, 2.75) is 44.8 Å². The van der Waals surface area contributed by atoms with Crippen molar-refractivity contribution >= 4 is 22.6 Å². The third-order valence-corrected chi connectivity index (χ3v) is 4.39. The van der Waals surface area contributed by atoms with Crippen LogP contribution >= 0.6 is 22.6 Å². The van der Waals surface area contributed by atoms with Gasteiger partial charge in [0.1, 0.15) is 0 Å². The Kier molecular flexibility index (Phi) is 4.67. The normalized spacial score (nSPS) is 28.6. The third-order valence-electron chi connectivity index (χ3n) is 3.67. The number of rotatable bonds is 3. The standard InChI is InChI=1S/C15H21IO2/c1-11(2)14-10-15(17,7-8-18-14)9-12-3-5-13(16)6-4-12/h3-6,11,14,17H,7-10H2,1-2H3. The number of ether oxygens (including phenoxy) is 1. The van der Waals surface area contributed by atoms with Crippen LogP contribution in [-0.2, 0) is 11.2 Å². The number of aliphatic hydroxyl groups is 1. The monoisotopic (exact) mass is 360 g/mol. The fraction of sp³-hybridized carbons (Fsp3) is 0.600. The minimum atomic E-state index is -0.597. The molecule has 2 atom stereocenters. The average Bonchev–Trinajstić information content (AvgIpc) is 2.32. The molecule has 1 N–H and O–H groups in total. The zero-order chi connectivity index (χ0) is 13.2. The lowest BCUT2D eigenvalue weighted by molar-refractivity contribution is -0.116. The molecular weight excluding hydrogens is 339 g/mol. The molecule has 2 nitrogen and oxygen atoms in total. The molecule has 2 unspecified atom stereocenters. The van der Waals surface area contributed by atoms with Crippen LogP contribution in [0.2, 0.25) is 0 Å². The van der Waals surface area contributed by atoms with Gasteiger partial charge in [-0.3, -0.25) is 0 Å². The molecule has 18 heavy (non-hydrogen) atoms. The minimum Gasteiger partial charge on any atom is -0.389 e. The second kappa shape index (κ2) is 5.88. The largest absolute Gasteiger partial charge is 0.389 e. The van der Waals surface area contributed by atoms with Gasteiger partial charge in [-0.2, -0.15) is 0 Å². The molecule has 1 saturated heterocycles. The van der Waals surface area contributed by atoms with Crippen molar-refractivity contribution < 1.29 is 9.84 Å². The Bertz CT molecular complexity index is 388. The Morgan fingerprint density at radius 3 is 2.67 bits per heavy atom. The summed E-state index contributed by atoms with van der Waals surface area (Å²) in [7, 11) is 0. The van der Waals surface area contributed by atoms with Gasteiger partial charge in [-0.25, -0.2) is 0 Å². The van der Waals surface area contributed by atoms with E-state index in [1.54, 1.807) is 0 Å². The molecule has 3 heteroatoms. The first-order valence-corrected chi connectivity index (χ1v) is 7.65. The Balaban J connectivity index is 2.04. The Hall–Kier alpha value is -0.130. The van der Waals surface area contributed by atoms with E-state index in [1.165, 1.54) is 9.13 Å². The Morgan fingerprint density at radius 1 is 1.39 bits per heavy atom. The van der Waals surface area contributed by atoms with E-state index >= 15 is 0 Å². The van der Waals surface area contributed by atoms with Crippen molar-refractivity contribution in [2.24, 2.45) is 5.92 Å². The molecule has 100 valence electrons. The first kappa shape index (κ1) is 14.3. The third kappa shape index (κ3) is 3.68. The summed E-state index contributed by atoms with van der Waals surface area (Å²) in [5, 5.41) is 10.7. The molecule has 0 saturated carbocycles. The summed E-state index contributed by atoms with van der Waals surface area (Å²) >= 11 is 2.30. The van der Waals surface area contributed by atoms with Crippen LogP contribution < -0.4 is 0 Å². The van der Waals surface area contributed by atoms with Crippen molar-refractivity contribution in [3.8, 4) is 0 Å². The van der Waals surface area contributed by atoms with Gasteiger partial charge >= 0.3 is 0 Å². The first-order chi connectivity index (χ1) is 8.48. The molecule has 0 radical (unpaired) electrons. The van der Waals surface area contributed by atoms with Gasteiger partial charge in [0.25, 0.3) is 0 Å². The van der Waals surface area contributed by atoms with E-state index in [1.807, 2.05) is 0 Å². The molecule has 1 aromatic carbocycles. The fourth-order valence-electron chi connectivity index (χ4n) is 2.51. The van der Waals surface area contributed by atoms with Gasteiger partial charge in [-0.05, 0) is 52.6 Å². The topological polar surface area (TPSA) is 29.5 Å². The van der Waals surface area contributed by atoms with Crippen LogP contribution in [0.5, 0.6) is 0 Å². The van der Waals surface area contributed by atoms with Crippen LogP contribution in [0.1, 0.15) is 32.3 Å². The van der Waals surface area contributed by atoms with Gasteiger partial charge in [0.05, 0.1) is 11.7 Å². The van der Waals surface area contributed by atoms with Crippen LogP contribution in [0, 0.1) is 9.49 Å². The summed E-state index contributed by atoms with van der Waals surface area (Å²) in [5.74, 6) is 0.466. The van der Waals surface area contributed by atoms with E-state index in [-0.39, 0.29) is 6.10 Å². The second-order valence-corrected chi connectivity index (χ2v) is 6.88. The number of benzene rings is 1. The average molecular weight is 360 g/mol. The lowest BCUT2D eigenvalue weighted by Gasteiger charge is -2.38. The van der Waals surface area contributed by atoms with Crippen LogP contribution in [0.25, 0.3) is 0 Å². The van der Waals surface area contributed by atoms with E-state index in [4.69, 9.17) is 4.74 Å². The maximum absolute atomic E-state index is 10.7. The van der Waals surface area contributed by atoms with Gasteiger partial charge < -0.3 is 9.84 Å². The number of hydrogen-bond acceptors (Lipinski definition) is 2. The number of hydrogen-bond donors (Lipinski definition) is 1. The summed E-state index contributed by atoms with van der Waals surface area (Å²) in [6.45, 7) is 4.98. The van der Waals surface area contributed by atoms with E-state index in [9.17, 15) is 5.11 Å². The highest BCUT2D eigenvalue weighted by molar-refractivity contribution is 14.1. The van der Waals surface area contributed by atoms with E-state index in [0.717, 1.165) is 19.3 Å². The Morgan fingerprint density at radius 2 is 2.06 bits per heavy atom. The summed E-state index contributed by atoms with van der Waals surface area (Å²) in [4.78, 5) is 0. The highest BCUT2D eigenvalue weighted by Crippen LogP contribution is 2.31. The van der Waals surface area contributed by atoms with Crippen LogP contribution in [0.15, 0.2) is 24.3 Å². The molecule has 1 aliphatic rings. The summed E-state index contributed by atoms with van der Waals surface area (Å²) in [6, 6.07) is 8.41. The van der Waals surface area contributed by atoms with Crippen molar-refractivity contribution in [1.29, 1.82) is 0 Å². The maximum Gasteiger partial charge on any atom is 0.0734 e. The molecule has 0 spiro atoms. The molecule has 1 aliphatic heterocycles. The molecule has 2 rings (SSSR count). The molecule has 0 aromatic heterocycles. The van der Waals surface area contributed by atoms with Crippen LogP contribution in [0.3, 0.4) is 0 Å². The number of halogens is 1. The summed E-state index contributed by atoms with van der Waals surface area (Å²) in [6.07, 6.45) is 2.41. The van der Waals surface area contributed by atoms with E-state index in [2.05, 4.69) is 60.7 Å². The predicted octanol–water partition coefficient (Wildman–Crippen LogP) is 3.40. The van der Waals surface area contributed by atoms with Crippen molar-refractivity contribution in [2.75, 3.05) is 6.61 Å². The molecule has 1 fully saturated rings. The highest BCUT2D eigenvalue weighted by Gasteiger charge is 2.36. The molecule has 0 amide bonds. The Labute approximate surface area is 123 Å². The molecule has 0 bridgehead atoms. The highest BCUT2D eigenvalue weighted by atomic mass is 127. The van der Waals surface area contributed by atoms with Crippen LogP contribution in [-0.4, -0.2) is 23.4 Å². The van der Waals surface area contributed by atoms with E-state index < -0.39 is 5.60 Å². The summed E-state index contributed by atoms with van der Waals surface area (Å²) in [5.41, 5.74) is 0.613. The van der Waals surface area contributed by atoms with Crippen molar-refractivity contribution in [3.05, 3.63) is 33.4 Å². The predicted molar refractivity (Wildman–Crippen MR) is 81.6 cm³/mol. The minimum absolute atomic E-state index is 0.188. The summed E-state index contributed by atoms with van der Waals surface area (Å²) < 4.78 is 6.96. The second-order valence-electron chi connectivity index (χ2n) is 5.63.